The molecular formula is C28H21N3O5. The van der Waals surface area contributed by atoms with Gasteiger partial charge in [-0.1, -0.05) is 60.2 Å². The highest BCUT2D eigenvalue weighted by molar-refractivity contribution is 6.03. The Bertz CT molecular complexity index is 1640. The summed E-state index contributed by atoms with van der Waals surface area (Å²) in [6, 6.07) is 25.4. The fourth-order valence-corrected chi connectivity index (χ4v) is 3.96. The van der Waals surface area contributed by atoms with Crippen molar-refractivity contribution >= 4 is 39.6 Å². The molecule has 5 rings (SSSR count). The molecule has 8 nitrogen and oxygen atoms in total. The molecule has 8 heteroatoms. The van der Waals surface area contributed by atoms with E-state index in [0.717, 1.165) is 27.5 Å². The number of fused-ring (bicyclic) bond motifs is 2. The highest BCUT2D eigenvalue weighted by atomic mass is 16.6. The van der Waals surface area contributed by atoms with Gasteiger partial charge in [-0.2, -0.15) is 5.10 Å². The van der Waals surface area contributed by atoms with E-state index < -0.39 is 10.8 Å². The smallest absolute Gasteiger partial charge is 0.307 e. The summed E-state index contributed by atoms with van der Waals surface area (Å²) in [5.41, 5.74) is 5.68. The van der Waals surface area contributed by atoms with Crippen molar-refractivity contribution in [1.82, 2.24) is 5.43 Å². The number of nitrogens with one attached hydrogen (secondary N) is 1. The Labute approximate surface area is 206 Å². The zero-order valence-electron chi connectivity index (χ0n) is 19.3. The van der Waals surface area contributed by atoms with Crippen molar-refractivity contribution in [3.63, 3.8) is 0 Å². The van der Waals surface area contributed by atoms with Crippen LogP contribution < -0.4 is 10.2 Å². The van der Waals surface area contributed by atoms with Gasteiger partial charge in [-0.15, -0.1) is 0 Å². The van der Waals surface area contributed by atoms with E-state index in [9.17, 15) is 14.9 Å². The van der Waals surface area contributed by atoms with Crippen molar-refractivity contribution in [2.24, 2.45) is 5.10 Å². The fraction of sp³-hybridized carbons (Fsp3) is 0.0714. The van der Waals surface area contributed by atoms with E-state index in [-0.39, 0.29) is 11.4 Å². The first-order valence-electron chi connectivity index (χ1n) is 11.2. The van der Waals surface area contributed by atoms with Crippen molar-refractivity contribution in [3.8, 4) is 5.75 Å². The average molecular weight is 479 g/mol. The fourth-order valence-electron chi connectivity index (χ4n) is 3.96. The Morgan fingerprint density at radius 3 is 2.72 bits per heavy atom. The largest absolute Gasteiger partial charge is 0.488 e. The molecule has 0 aliphatic heterocycles. The summed E-state index contributed by atoms with van der Waals surface area (Å²) >= 11 is 0. The maximum atomic E-state index is 12.6. The molecule has 5 aromatic rings. The normalized spacial score (nSPS) is 11.2. The summed E-state index contributed by atoms with van der Waals surface area (Å²) < 4.78 is 11.6. The number of ether oxygens (including phenoxy) is 1. The van der Waals surface area contributed by atoms with Crippen LogP contribution in [-0.4, -0.2) is 17.0 Å². The number of nitro benzene ring substituents is 1. The predicted octanol–water partition coefficient (Wildman–Crippen LogP) is 6.15. The summed E-state index contributed by atoms with van der Waals surface area (Å²) in [5.74, 6) is 0.0494. The van der Waals surface area contributed by atoms with Crippen molar-refractivity contribution < 1.29 is 18.9 Å². The number of hydrogen-bond donors (Lipinski definition) is 1. The quantitative estimate of drug-likeness (QED) is 0.171. The van der Waals surface area contributed by atoms with Crippen LogP contribution in [0.3, 0.4) is 0 Å². The van der Waals surface area contributed by atoms with Gasteiger partial charge in [0.1, 0.15) is 17.9 Å². The number of carbonyl (C=O) groups excluding carboxylic acids is 1. The second-order valence-electron chi connectivity index (χ2n) is 8.27. The molecule has 1 amide bonds. The Morgan fingerprint density at radius 2 is 1.89 bits per heavy atom. The maximum absolute atomic E-state index is 12.6. The summed E-state index contributed by atoms with van der Waals surface area (Å²) in [4.78, 5) is 23.1. The van der Waals surface area contributed by atoms with Gasteiger partial charge < -0.3 is 9.15 Å². The number of hydrazone groups is 1. The van der Waals surface area contributed by atoms with Gasteiger partial charge >= 0.3 is 5.91 Å². The molecule has 178 valence electrons. The molecule has 1 heterocycles. The van der Waals surface area contributed by atoms with Gasteiger partial charge in [0.05, 0.1) is 11.1 Å². The molecule has 1 aromatic heterocycles. The monoisotopic (exact) mass is 479 g/mol. The van der Waals surface area contributed by atoms with E-state index in [1.54, 1.807) is 6.21 Å². The minimum Gasteiger partial charge on any atom is -0.488 e. The van der Waals surface area contributed by atoms with Crippen LogP contribution >= 0.6 is 0 Å². The zero-order valence-corrected chi connectivity index (χ0v) is 19.3. The summed E-state index contributed by atoms with van der Waals surface area (Å²) in [5, 5.41) is 17.5. The second-order valence-corrected chi connectivity index (χ2v) is 8.27. The average Bonchev–Trinajstić information content (AvgIpc) is 3.31. The standard InChI is InChI=1S/C28H21N3O5/c1-18-5-4-6-19(13-18)17-35-26-11-9-20-7-2-3-8-23(20)24(26)16-29-30-28(32)27-15-21-14-22(31(33)34)10-12-25(21)36-27/h2-16H,17H2,1H3,(H,30,32)/b29-16+. The molecule has 0 radical (unpaired) electrons. The topological polar surface area (TPSA) is 107 Å². The van der Waals surface area contributed by atoms with Crippen LogP contribution in [0.25, 0.3) is 21.7 Å². The number of nitro groups is 1. The minimum atomic E-state index is -0.576. The number of non-ortho nitro benzene ring substituents is 1. The van der Waals surface area contributed by atoms with Gasteiger partial charge in [-0.3, -0.25) is 14.9 Å². The van der Waals surface area contributed by atoms with Crippen molar-refractivity contribution in [3.05, 3.63) is 117 Å². The molecule has 0 unspecified atom stereocenters. The SMILES string of the molecule is Cc1cccc(COc2ccc3ccccc3c2/C=N/NC(=O)c2cc3cc([N+](=O)[O-])ccc3o2)c1. The molecule has 0 saturated carbocycles. The van der Waals surface area contributed by atoms with Crippen LogP contribution in [0.2, 0.25) is 0 Å². The third-order valence-corrected chi connectivity index (χ3v) is 5.70. The molecule has 0 bridgehead atoms. The number of carbonyl (C=O) groups is 1. The Balaban J connectivity index is 1.38. The molecule has 0 aliphatic rings. The highest BCUT2D eigenvalue weighted by Crippen LogP contribution is 2.28. The zero-order chi connectivity index (χ0) is 25.1. The van der Waals surface area contributed by atoms with E-state index in [1.165, 1.54) is 24.3 Å². The first-order chi connectivity index (χ1) is 17.5. The third-order valence-electron chi connectivity index (χ3n) is 5.70. The first-order valence-corrected chi connectivity index (χ1v) is 11.2. The number of nitrogens with zero attached hydrogens (tertiary/aromatic N) is 2. The molecule has 0 fully saturated rings. The van der Waals surface area contributed by atoms with Crippen molar-refractivity contribution in [1.29, 1.82) is 0 Å². The predicted molar refractivity (Wildman–Crippen MR) is 137 cm³/mol. The van der Waals surface area contributed by atoms with Crippen LogP contribution in [0.15, 0.2) is 94.4 Å². The lowest BCUT2D eigenvalue weighted by molar-refractivity contribution is -0.384. The van der Waals surface area contributed by atoms with Crippen LogP contribution in [-0.2, 0) is 6.61 Å². The first kappa shape index (κ1) is 22.8. The van der Waals surface area contributed by atoms with Crippen molar-refractivity contribution in [2.45, 2.75) is 13.5 Å². The van der Waals surface area contributed by atoms with Gasteiger partial charge in [-0.05, 0) is 41.5 Å². The summed E-state index contributed by atoms with van der Waals surface area (Å²) in [6.45, 7) is 2.42. The second kappa shape index (κ2) is 9.71. The van der Waals surface area contributed by atoms with Crippen molar-refractivity contribution in [2.75, 3.05) is 0 Å². The van der Waals surface area contributed by atoms with Gasteiger partial charge in [0.25, 0.3) is 5.69 Å². The molecular weight excluding hydrogens is 458 g/mol. The molecule has 0 atom stereocenters. The lowest BCUT2D eigenvalue weighted by Crippen LogP contribution is -2.16. The number of amides is 1. The Kier molecular flexibility index (Phi) is 6.15. The van der Waals surface area contributed by atoms with Gasteiger partial charge in [0.15, 0.2) is 5.76 Å². The molecule has 1 N–H and O–H groups in total. The number of benzene rings is 4. The molecule has 4 aromatic carbocycles. The minimum absolute atomic E-state index is 0.00325. The number of hydrogen-bond acceptors (Lipinski definition) is 6. The van der Waals surface area contributed by atoms with Gasteiger partial charge in [0.2, 0.25) is 0 Å². The number of aryl methyl sites for hydroxylation is 1. The summed E-state index contributed by atoms with van der Waals surface area (Å²) in [6.07, 6.45) is 1.54. The van der Waals surface area contributed by atoms with Crippen LogP contribution in [0, 0.1) is 17.0 Å². The Morgan fingerprint density at radius 1 is 1.03 bits per heavy atom. The lowest BCUT2D eigenvalue weighted by Gasteiger charge is -2.12. The molecule has 0 saturated heterocycles. The molecule has 0 spiro atoms. The summed E-state index contributed by atoms with van der Waals surface area (Å²) in [7, 11) is 0. The number of furan rings is 1. The van der Waals surface area contributed by atoms with E-state index in [1.807, 2.05) is 61.5 Å². The third kappa shape index (κ3) is 4.78. The highest BCUT2D eigenvalue weighted by Gasteiger charge is 2.15. The van der Waals surface area contributed by atoms with E-state index in [2.05, 4.69) is 16.6 Å². The van der Waals surface area contributed by atoms with E-state index in [4.69, 9.17) is 9.15 Å². The maximum Gasteiger partial charge on any atom is 0.307 e. The van der Waals surface area contributed by atoms with Gasteiger partial charge in [0, 0.05) is 23.1 Å². The van der Waals surface area contributed by atoms with Crippen LogP contribution in [0.5, 0.6) is 5.75 Å². The molecule has 36 heavy (non-hydrogen) atoms. The van der Waals surface area contributed by atoms with Gasteiger partial charge in [-0.25, -0.2) is 5.43 Å². The lowest BCUT2D eigenvalue weighted by atomic mass is 10.0. The Hall–Kier alpha value is -4.98. The number of rotatable bonds is 7. The van der Waals surface area contributed by atoms with E-state index >= 15 is 0 Å². The molecule has 0 aliphatic carbocycles. The van der Waals surface area contributed by atoms with Crippen LogP contribution in [0.4, 0.5) is 5.69 Å². The van der Waals surface area contributed by atoms with E-state index in [0.29, 0.717) is 23.3 Å². The van der Waals surface area contributed by atoms with Crippen LogP contribution in [0.1, 0.15) is 27.2 Å².